The third-order valence-electron chi connectivity index (χ3n) is 3.92. The molecule has 0 spiro atoms. The molecule has 1 aromatic carbocycles. The molecule has 28 heavy (non-hydrogen) atoms. The molecule has 2 heterocycles. The maximum Gasteiger partial charge on any atom is 0.256 e. The van der Waals surface area contributed by atoms with Crippen molar-refractivity contribution in [2.45, 2.75) is 30.6 Å². The second-order valence-electron chi connectivity index (χ2n) is 6.32. The van der Waals surface area contributed by atoms with Crippen LogP contribution in [0.1, 0.15) is 29.8 Å². The summed E-state index contributed by atoms with van der Waals surface area (Å²) in [5.41, 5.74) is 1.42. The number of anilines is 1. The Morgan fingerprint density at radius 3 is 2.46 bits per heavy atom. The molecule has 0 bridgehead atoms. The average Bonchev–Trinajstić information content (AvgIpc) is 2.73. The highest BCUT2D eigenvalue weighted by atomic mass is 32.2. The van der Waals surface area contributed by atoms with Gasteiger partial charge in [0.25, 0.3) is 5.91 Å². The van der Waals surface area contributed by atoms with Crippen molar-refractivity contribution in [3.8, 4) is 5.75 Å². The second kappa shape index (κ2) is 9.23. The van der Waals surface area contributed by atoms with Gasteiger partial charge in [-0.15, -0.1) is 0 Å². The topological polar surface area (TPSA) is 81.2 Å². The lowest BCUT2D eigenvalue weighted by Gasteiger charge is -2.12. The Labute approximate surface area is 166 Å². The monoisotopic (exact) mass is 395 g/mol. The third-order valence-corrected chi connectivity index (χ3v) is 5.52. The number of nitrogens with one attached hydrogen (secondary N) is 1. The van der Waals surface area contributed by atoms with E-state index >= 15 is 0 Å². The normalized spacial score (nSPS) is 11.8. The molecule has 0 unspecified atom stereocenters. The van der Waals surface area contributed by atoms with E-state index in [1.165, 1.54) is 0 Å². The molecule has 0 aliphatic carbocycles. The molecular weight excluding hydrogens is 374 g/mol. The maximum atomic E-state index is 12.6. The number of nitrogens with zero attached hydrogens (tertiary/aromatic N) is 2. The minimum Gasteiger partial charge on any atom is -0.485 e. The van der Waals surface area contributed by atoms with Crippen LogP contribution in [0.15, 0.2) is 72.0 Å². The molecule has 0 aliphatic heterocycles. The van der Waals surface area contributed by atoms with Crippen molar-refractivity contribution in [1.82, 2.24) is 9.97 Å². The molecule has 144 valence electrons. The van der Waals surface area contributed by atoms with E-state index in [-0.39, 0.29) is 11.2 Å². The van der Waals surface area contributed by atoms with Crippen molar-refractivity contribution in [3.63, 3.8) is 0 Å². The number of aromatic nitrogens is 2. The average molecular weight is 395 g/mol. The summed E-state index contributed by atoms with van der Waals surface area (Å²) in [6, 6.07) is 14.0. The first-order chi connectivity index (χ1) is 13.5. The van der Waals surface area contributed by atoms with Gasteiger partial charge >= 0.3 is 0 Å². The number of carbonyl (C=O) groups is 1. The number of amides is 1. The molecular formula is C21H21N3O3S. The maximum absolute atomic E-state index is 12.6. The zero-order chi connectivity index (χ0) is 19.9. The van der Waals surface area contributed by atoms with Crippen LogP contribution in [-0.2, 0) is 17.4 Å². The number of benzene rings is 1. The van der Waals surface area contributed by atoms with Gasteiger partial charge in [0.15, 0.2) is 11.6 Å². The number of pyridine rings is 2. The van der Waals surface area contributed by atoms with Crippen molar-refractivity contribution < 1.29 is 13.7 Å². The van der Waals surface area contributed by atoms with Gasteiger partial charge in [-0.25, -0.2) is 4.98 Å². The predicted octanol–water partition coefficient (Wildman–Crippen LogP) is 3.82. The lowest BCUT2D eigenvalue weighted by molar-refractivity contribution is 0.102. The first kappa shape index (κ1) is 19.7. The van der Waals surface area contributed by atoms with E-state index in [1.54, 1.807) is 55.0 Å². The molecule has 1 atom stereocenters. The van der Waals surface area contributed by atoms with Gasteiger partial charge in [-0.3, -0.25) is 14.0 Å². The lowest BCUT2D eigenvalue weighted by Crippen LogP contribution is -2.14. The number of hydrogen-bond donors (Lipinski definition) is 1. The summed E-state index contributed by atoms with van der Waals surface area (Å²) in [6.07, 6.45) is 4.98. The molecule has 6 nitrogen and oxygen atoms in total. The lowest BCUT2D eigenvalue weighted by atomic mass is 10.2. The van der Waals surface area contributed by atoms with Crippen LogP contribution >= 0.6 is 0 Å². The van der Waals surface area contributed by atoms with Crippen LogP contribution in [0.4, 0.5) is 5.82 Å². The standard InChI is InChI=1S/C21H21N3O3S/c1-15(2)28(26)18-7-5-17(6-8-18)21(25)24-20-19(4-3-11-23-20)27-14-16-9-12-22-13-10-16/h3-13,15H,14H2,1-2H3,(H,23,24,25)/t28-/m0/s1. The van der Waals surface area contributed by atoms with E-state index in [4.69, 9.17) is 4.74 Å². The highest BCUT2D eigenvalue weighted by Crippen LogP contribution is 2.23. The first-order valence-electron chi connectivity index (χ1n) is 8.83. The van der Waals surface area contributed by atoms with E-state index in [1.807, 2.05) is 26.0 Å². The Hall–Kier alpha value is -3.06. The predicted molar refractivity (Wildman–Crippen MR) is 109 cm³/mol. The molecule has 0 fully saturated rings. The molecule has 7 heteroatoms. The van der Waals surface area contributed by atoms with Gasteiger partial charge in [0.1, 0.15) is 6.61 Å². The molecule has 0 saturated carbocycles. The molecule has 3 rings (SSSR count). The van der Waals surface area contributed by atoms with Crippen molar-refractivity contribution >= 4 is 22.5 Å². The second-order valence-corrected chi connectivity index (χ2v) is 8.33. The minimum atomic E-state index is -1.09. The van der Waals surface area contributed by atoms with Crippen LogP contribution < -0.4 is 10.1 Å². The molecule has 3 aromatic rings. The summed E-state index contributed by atoms with van der Waals surface area (Å²) in [5, 5.41) is 2.79. The first-order valence-corrected chi connectivity index (χ1v) is 10.0. The van der Waals surface area contributed by atoms with E-state index in [2.05, 4.69) is 15.3 Å². The SMILES string of the molecule is CC(C)[S@](=O)c1ccc(C(=O)Nc2ncccc2OCc2ccncc2)cc1. The fraction of sp³-hybridized carbons (Fsp3) is 0.190. The molecule has 1 N–H and O–H groups in total. The van der Waals surface area contributed by atoms with Crippen LogP contribution in [0.3, 0.4) is 0 Å². The van der Waals surface area contributed by atoms with E-state index in [0.29, 0.717) is 28.6 Å². The fourth-order valence-corrected chi connectivity index (χ4v) is 3.38. The molecule has 1 amide bonds. The Morgan fingerprint density at radius 2 is 1.79 bits per heavy atom. The van der Waals surface area contributed by atoms with Crippen molar-refractivity contribution in [2.75, 3.05) is 5.32 Å². The number of hydrogen-bond acceptors (Lipinski definition) is 5. The molecule has 0 saturated heterocycles. The van der Waals surface area contributed by atoms with Crippen molar-refractivity contribution in [1.29, 1.82) is 0 Å². The summed E-state index contributed by atoms with van der Waals surface area (Å²) in [4.78, 5) is 21.4. The van der Waals surface area contributed by atoms with E-state index in [9.17, 15) is 9.00 Å². The smallest absolute Gasteiger partial charge is 0.256 e. The summed E-state index contributed by atoms with van der Waals surface area (Å²) in [5.74, 6) is 0.510. The van der Waals surface area contributed by atoms with E-state index in [0.717, 1.165) is 5.56 Å². The van der Waals surface area contributed by atoms with Crippen LogP contribution in [0.25, 0.3) is 0 Å². The quantitative estimate of drug-likeness (QED) is 0.658. The van der Waals surface area contributed by atoms with Crippen molar-refractivity contribution in [3.05, 3.63) is 78.2 Å². The number of carbonyl (C=O) groups excluding carboxylic acids is 1. The third kappa shape index (κ3) is 5.01. The fourth-order valence-electron chi connectivity index (χ4n) is 2.43. The number of rotatable bonds is 7. The van der Waals surface area contributed by atoms with Gasteiger partial charge in [0, 0.05) is 34.3 Å². The van der Waals surface area contributed by atoms with Crippen LogP contribution in [0, 0.1) is 0 Å². The van der Waals surface area contributed by atoms with Gasteiger partial charge in [-0.05, 0) is 54.1 Å². The Balaban J connectivity index is 1.69. The molecule has 0 radical (unpaired) electrons. The zero-order valence-electron chi connectivity index (χ0n) is 15.7. The van der Waals surface area contributed by atoms with Gasteiger partial charge in [0.05, 0.1) is 10.8 Å². The summed E-state index contributed by atoms with van der Waals surface area (Å²) >= 11 is 0. The minimum absolute atomic E-state index is 0.0216. The highest BCUT2D eigenvalue weighted by molar-refractivity contribution is 7.85. The van der Waals surface area contributed by atoms with Gasteiger partial charge < -0.3 is 10.1 Å². The van der Waals surface area contributed by atoms with Crippen LogP contribution in [-0.4, -0.2) is 25.3 Å². The van der Waals surface area contributed by atoms with E-state index < -0.39 is 10.8 Å². The largest absolute Gasteiger partial charge is 0.485 e. The highest BCUT2D eigenvalue weighted by Gasteiger charge is 2.13. The Kier molecular flexibility index (Phi) is 6.49. The van der Waals surface area contributed by atoms with Crippen LogP contribution in [0.2, 0.25) is 0 Å². The summed E-state index contributed by atoms with van der Waals surface area (Å²) in [7, 11) is -1.09. The van der Waals surface area contributed by atoms with Gasteiger partial charge in [0.2, 0.25) is 0 Å². The Morgan fingerprint density at radius 1 is 1.07 bits per heavy atom. The molecule has 0 aliphatic rings. The summed E-state index contributed by atoms with van der Waals surface area (Å²) < 4.78 is 17.9. The molecule has 2 aromatic heterocycles. The number of ether oxygens (including phenoxy) is 1. The van der Waals surface area contributed by atoms with Crippen LogP contribution in [0.5, 0.6) is 5.75 Å². The Bertz CT molecular complexity index is 960. The summed E-state index contributed by atoms with van der Waals surface area (Å²) in [6.45, 7) is 4.13. The van der Waals surface area contributed by atoms with Gasteiger partial charge in [-0.2, -0.15) is 0 Å². The van der Waals surface area contributed by atoms with Crippen molar-refractivity contribution in [2.24, 2.45) is 0 Å². The van der Waals surface area contributed by atoms with Gasteiger partial charge in [-0.1, -0.05) is 13.8 Å². The zero-order valence-corrected chi connectivity index (χ0v) is 16.5.